The Morgan fingerprint density at radius 2 is 1.93 bits per heavy atom. The molecular weight excluding hydrogens is 542 g/mol. The fraction of sp³-hybridized carbons (Fsp3) is 0.400. The highest BCUT2D eigenvalue weighted by Crippen LogP contribution is 2.27. The van der Waals surface area contributed by atoms with Crippen molar-refractivity contribution in [2.24, 2.45) is 11.8 Å². The number of nitrogens with zero attached hydrogens (tertiary/aromatic N) is 1. The molecule has 1 aliphatic heterocycles. The summed E-state index contributed by atoms with van der Waals surface area (Å²) >= 11 is 1.28. The van der Waals surface area contributed by atoms with Crippen LogP contribution in [0.15, 0.2) is 48.5 Å². The summed E-state index contributed by atoms with van der Waals surface area (Å²) in [5, 5.41) is 20.2. The molecule has 4 atom stereocenters. The Kier molecular flexibility index (Phi) is 8.67. The number of H-pyrrole nitrogens is 1. The van der Waals surface area contributed by atoms with Gasteiger partial charge in [-0.05, 0) is 62.1 Å². The number of aliphatic hydroxyl groups excluding tert-OH is 1. The van der Waals surface area contributed by atoms with Crippen LogP contribution >= 0.6 is 11.3 Å². The molecule has 0 radical (unpaired) electrons. The number of aliphatic hydroxyl groups is 1. The van der Waals surface area contributed by atoms with E-state index in [2.05, 4.69) is 25.9 Å². The first-order valence-electron chi connectivity index (χ1n) is 13.8. The fourth-order valence-corrected chi connectivity index (χ4v) is 6.25. The van der Waals surface area contributed by atoms with Crippen molar-refractivity contribution in [3.8, 4) is 5.75 Å². The summed E-state index contributed by atoms with van der Waals surface area (Å²) in [5.74, 6) is -0.689. The Hall–Kier alpha value is -3.80. The number of aromatic amines is 1. The molecule has 2 amide bonds. The number of carbonyl (C=O) groups is 3. The minimum absolute atomic E-state index is 0.0909. The molecule has 10 nitrogen and oxygen atoms in total. The number of Topliss-reactive ketones (excluding diaryl/α,β-unsaturated/α-hetero) is 1. The number of benzene rings is 2. The van der Waals surface area contributed by atoms with E-state index in [0.29, 0.717) is 41.4 Å². The molecule has 0 unspecified atom stereocenters. The first kappa shape index (κ1) is 28.7. The number of fused-ring (bicyclic) bond motifs is 2. The number of ketones is 1. The summed E-state index contributed by atoms with van der Waals surface area (Å²) in [7, 11) is 1.57. The lowest BCUT2D eigenvalue weighted by molar-refractivity contribution is -0.124. The summed E-state index contributed by atoms with van der Waals surface area (Å²) in [5.41, 5.74) is 1.76. The third-order valence-corrected chi connectivity index (χ3v) is 8.46. The summed E-state index contributed by atoms with van der Waals surface area (Å²) < 4.78 is 6.28. The van der Waals surface area contributed by atoms with E-state index in [9.17, 15) is 19.5 Å². The fourth-order valence-electron chi connectivity index (χ4n) is 5.29. The molecule has 2 aromatic carbocycles. The third kappa shape index (κ3) is 6.42. The lowest BCUT2D eigenvalue weighted by Gasteiger charge is -2.25. The first-order chi connectivity index (χ1) is 19.7. The van der Waals surface area contributed by atoms with E-state index in [1.807, 2.05) is 56.3 Å². The molecular formula is C30H35N5O5S. The molecule has 5 rings (SSSR count). The lowest BCUT2D eigenvalue weighted by Crippen LogP contribution is -2.52. The number of para-hydroxylation sites is 1. The predicted octanol–water partition coefficient (Wildman–Crippen LogP) is 3.62. The second-order valence-electron chi connectivity index (χ2n) is 10.9. The highest BCUT2D eigenvalue weighted by atomic mass is 32.1. The summed E-state index contributed by atoms with van der Waals surface area (Å²) in [6, 6.07) is 12.9. The van der Waals surface area contributed by atoms with Crippen LogP contribution in [0.25, 0.3) is 21.1 Å². The standard InChI is InChI=1S/C30H35N5O5S/c1-16(2)13-22(34-29(39)23-15-18-19(32-23)8-6-9-24(18)40-3)28(38)33-21(14-17-11-12-31-27(17)37)26(36)30-35-20-7-4-5-10-25(20)41-30/h4-10,15-17,21-22,27,31-32,37H,11-14H2,1-3H3,(H,33,38)(H,34,39)/t17-,21-,22-,27+/m0/s1. The Balaban J connectivity index is 1.37. The van der Waals surface area contributed by atoms with Crippen LogP contribution in [-0.2, 0) is 4.79 Å². The van der Waals surface area contributed by atoms with E-state index in [0.717, 1.165) is 15.6 Å². The molecule has 0 aliphatic carbocycles. The van der Waals surface area contributed by atoms with Gasteiger partial charge in [-0.3, -0.25) is 19.7 Å². The molecule has 1 saturated heterocycles. The second-order valence-corrected chi connectivity index (χ2v) is 11.9. The molecule has 2 aromatic heterocycles. The second kappa shape index (κ2) is 12.4. The minimum atomic E-state index is -0.911. The number of carbonyl (C=O) groups excluding carboxylic acids is 3. The average Bonchev–Trinajstić information content (AvgIpc) is 3.69. The smallest absolute Gasteiger partial charge is 0.268 e. The van der Waals surface area contributed by atoms with Gasteiger partial charge in [0.25, 0.3) is 5.91 Å². The first-order valence-corrected chi connectivity index (χ1v) is 14.6. The maximum absolute atomic E-state index is 13.7. The van der Waals surface area contributed by atoms with Gasteiger partial charge in [0.15, 0.2) is 5.01 Å². The van der Waals surface area contributed by atoms with Crippen LogP contribution in [0, 0.1) is 11.8 Å². The van der Waals surface area contributed by atoms with Crippen molar-refractivity contribution >= 4 is 50.1 Å². The number of thiazole rings is 1. The van der Waals surface area contributed by atoms with Crippen LogP contribution in [0.1, 0.15) is 53.4 Å². The van der Waals surface area contributed by atoms with Gasteiger partial charge in [0, 0.05) is 16.8 Å². The van der Waals surface area contributed by atoms with Gasteiger partial charge in [-0.2, -0.15) is 0 Å². The van der Waals surface area contributed by atoms with Crippen LogP contribution in [-0.4, -0.2) is 64.6 Å². The third-order valence-electron chi connectivity index (χ3n) is 7.41. The highest BCUT2D eigenvalue weighted by molar-refractivity contribution is 7.20. The monoisotopic (exact) mass is 577 g/mol. The van der Waals surface area contributed by atoms with Gasteiger partial charge < -0.3 is 25.5 Å². The zero-order valence-corrected chi connectivity index (χ0v) is 24.1. The van der Waals surface area contributed by atoms with Crippen molar-refractivity contribution in [2.45, 2.75) is 51.4 Å². The number of rotatable bonds is 11. The summed E-state index contributed by atoms with van der Waals surface area (Å²) in [4.78, 5) is 48.3. The minimum Gasteiger partial charge on any atom is -0.496 e. The quantitative estimate of drug-likeness (QED) is 0.171. The molecule has 3 heterocycles. The molecule has 5 N–H and O–H groups in total. The van der Waals surface area contributed by atoms with E-state index < -0.39 is 30.1 Å². The molecule has 1 fully saturated rings. The summed E-state index contributed by atoms with van der Waals surface area (Å²) in [6.07, 6.45) is 0.537. The van der Waals surface area contributed by atoms with E-state index in [-0.39, 0.29) is 24.0 Å². The van der Waals surface area contributed by atoms with Crippen molar-refractivity contribution in [2.75, 3.05) is 13.7 Å². The molecule has 216 valence electrons. The van der Waals surface area contributed by atoms with E-state index >= 15 is 0 Å². The van der Waals surface area contributed by atoms with Crippen molar-refractivity contribution in [1.82, 2.24) is 25.9 Å². The zero-order valence-electron chi connectivity index (χ0n) is 23.3. The molecule has 0 bridgehead atoms. The number of hydrogen-bond acceptors (Lipinski definition) is 8. The Morgan fingerprint density at radius 3 is 2.63 bits per heavy atom. The number of amides is 2. The van der Waals surface area contributed by atoms with Crippen LogP contribution < -0.4 is 20.7 Å². The highest BCUT2D eigenvalue weighted by Gasteiger charge is 2.35. The largest absolute Gasteiger partial charge is 0.496 e. The number of aromatic nitrogens is 2. The van der Waals surface area contributed by atoms with Crippen LogP contribution in [0.5, 0.6) is 5.75 Å². The van der Waals surface area contributed by atoms with Gasteiger partial charge in [0.05, 0.1) is 23.4 Å². The van der Waals surface area contributed by atoms with Gasteiger partial charge in [-0.25, -0.2) is 4.98 Å². The number of methoxy groups -OCH3 is 1. The molecule has 1 aliphatic rings. The Morgan fingerprint density at radius 1 is 1.12 bits per heavy atom. The van der Waals surface area contributed by atoms with Gasteiger partial charge in [-0.15, -0.1) is 11.3 Å². The van der Waals surface area contributed by atoms with Crippen LogP contribution in [0.4, 0.5) is 0 Å². The van der Waals surface area contributed by atoms with Crippen molar-refractivity contribution < 1.29 is 24.2 Å². The average molecular weight is 578 g/mol. The van der Waals surface area contributed by atoms with Crippen molar-refractivity contribution in [1.29, 1.82) is 0 Å². The molecule has 0 saturated carbocycles. The van der Waals surface area contributed by atoms with Crippen LogP contribution in [0.2, 0.25) is 0 Å². The van der Waals surface area contributed by atoms with Gasteiger partial charge in [0.2, 0.25) is 11.7 Å². The Labute approximate surface area is 241 Å². The lowest BCUT2D eigenvalue weighted by atomic mass is 9.94. The van der Waals surface area contributed by atoms with E-state index in [1.54, 1.807) is 13.2 Å². The normalized spacial score (nSPS) is 18.5. The SMILES string of the molecule is COc1cccc2[nH]c(C(=O)N[C@@H](CC(C)C)C(=O)N[C@@H](C[C@@H]3CCN[C@@H]3O)C(=O)c3nc4ccccc4s3)cc12. The van der Waals surface area contributed by atoms with Gasteiger partial charge in [-0.1, -0.05) is 32.0 Å². The van der Waals surface area contributed by atoms with Crippen molar-refractivity contribution in [3.63, 3.8) is 0 Å². The number of hydrogen-bond donors (Lipinski definition) is 5. The van der Waals surface area contributed by atoms with Gasteiger partial charge in [0.1, 0.15) is 23.7 Å². The van der Waals surface area contributed by atoms with Gasteiger partial charge >= 0.3 is 0 Å². The summed E-state index contributed by atoms with van der Waals surface area (Å²) in [6.45, 7) is 4.55. The topological polar surface area (TPSA) is 145 Å². The zero-order chi connectivity index (χ0) is 29.1. The van der Waals surface area contributed by atoms with Crippen molar-refractivity contribution in [3.05, 3.63) is 59.2 Å². The van der Waals surface area contributed by atoms with E-state index in [4.69, 9.17) is 4.74 Å². The predicted molar refractivity (Wildman–Crippen MR) is 158 cm³/mol. The number of nitrogens with one attached hydrogen (secondary N) is 4. The molecule has 4 aromatic rings. The molecule has 11 heteroatoms. The maximum Gasteiger partial charge on any atom is 0.268 e. The number of ether oxygens (including phenoxy) is 1. The maximum atomic E-state index is 13.7. The van der Waals surface area contributed by atoms with Crippen LogP contribution in [0.3, 0.4) is 0 Å². The van der Waals surface area contributed by atoms with E-state index in [1.165, 1.54) is 11.3 Å². The molecule has 0 spiro atoms. The molecule has 41 heavy (non-hydrogen) atoms. The Bertz CT molecular complexity index is 1530.